The van der Waals surface area contributed by atoms with Crippen LogP contribution in [0, 0.1) is 6.92 Å². The van der Waals surface area contributed by atoms with Crippen LogP contribution in [0.15, 0.2) is 18.2 Å². The third-order valence-electron chi connectivity index (χ3n) is 2.25. The van der Waals surface area contributed by atoms with Gasteiger partial charge in [-0.25, -0.2) is 0 Å². The fraction of sp³-hybridized carbons (Fsp3) is 0.462. The van der Waals surface area contributed by atoms with E-state index in [0.29, 0.717) is 5.69 Å². The minimum atomic E-state index is -1.11. The Kier molecular flexibility index (Phi) is 5.30. The molecule has 0 N–H and O–H groups in total. The van der Waals surface area contributed by atoms with Gasteiger partial charge in [0.2, 0.25) is 0 Å². The molecule has 98 valence electrons. The summed E-state index contributed by atoms with van der Waals surface area (Å²) in [6.45, 7) is 5.57. The van der Waals surface area contributed by atoms with Gasteiger partial charge < -0.3 is 9.47 Å². The van der Waals surface area contributed by atoms with Crippen LogP contribution in [0.1, 0.15) is 31.2 Å². The van der Waals surface area contributed by atoms with Gasteiger partial charge >= 0.3 is 11.9 Å². The summed E-state index contributed by atoms with van der Waals surface area (Å²) >= 11 is 0. The molecule has 0 spiro atoms. The Bertz CT molecular complexity index is 413. The Hall–Kier alpha value is -1.91. The van der Waals surface area contributed by atoms with Gasteiger partial charge in [0.1, 0.15) is 0 Å². The van der Waals surface area contributed by atoms with E-state index in [4.69, 9.17) is 9.47 Å². The number of esters is 2. The molecule has 0 fully saturated rings. The highest BCUT2D eigenvalue weighted by Crippen LogP contribution is 2.18. The van der Waals surface area contributed by atoms with E-state index < -0.39 is 17.9 Å². The van der Waals surface area contributed by atoms with E-state index in [9.17, 15) is 9.59 Å². The largest absolute Gasteiger partial charge is 0.465 e. The number of pyridine rings is 1. The summed E-state index contributed by atoms with van der Waals surface area (Å²) in [5, 5.41) is 0. The van der Waals surface area contributed by atoms with Gasteiger partial charge in [-0.2, -0.15) is 0 Å². The maximum atomic E-state index is 11.8. The zero-order valence-electron chi connectivity index (χ0n) is 10.8. The van der Waals surface area contributed by atoms with Crippen LogP contribution in [0.2, 0.25) is 0 Å². The van der Waals surface area contributed by atoms with E-state index in [1.165, 1.54) is 0 Å². The Balaban J connectivity index is 3.03. The minimum absolute atomic E-state index is 0.209. The van der Waals surface area contributed by atoms with Gasteiger partial charge in [0.25, 0.3) is 0 Å². The van der Waals surface area contributed by atoms with Gasteiger partial charge in [-0.3, -0.25) is 14.6 Å². The van der Waals surface area contributed by atoms with Crippen molar-refractivity contribution in [2.45, 2.75) is 26.7 Å². The predicted octanol–water partition coefficient (Wildman–Crippen LogP) is 1.60. The summed E-state index contributed by atoms with van der Waals surface area (Å²) in [6.07, 6.45) is 0. The van der Waals surface area contributed by atoms with Crippen LogP contribution in [0.4, 0.5) is 0 Å². The second kappa shape index (κ2) is 6.74. The minimum Gasteiger partial charge on any atom is -0.465 e. The van der Waals surface area contributed by atoms with E-state index in [2.05, 4.69) is 4.98 Å². The Morgan fingerprint density at radius 2 is 1.72 bits per heavy atom. The first-order valence-corrected chi connectivity index (χ1v) is 5.87. The monoisotopic (exact) mass is 251 g/mol. The first-order chi connectivity index (χ1) is 8.60. The molecule has 0 aromatic carbocycles. The number of nitrogens with zero attached hydrogens (tertiary/aromatic N) is 1. The highest BCUT2D eigenvalue weighted by molar-refractivity contribution is 6.00. The number of carbonyl (C=O) groups excluding carboxylic acids is 2. The van der Waals surface area contributed by atoms with Crippen molar-refractivity contribution in [2.75, 3.05) is 13.2 Å². The van der Waals surface area contributed by atoms with E-state index >= 15 is 0 Å². The van der Waals surface area contributed by atoms with Crippen molar-refractivity contribution in [1.29, 1.82) is 0 Å². The molecule has 5 nitrogen and oxygen atoms in total. The summed E-state index contributed by atoms with van der Waals surface area (Å²) in [4.78, 5) is 27.8. The van der Waals surface area contributed by atoms with Crippen LogP contribution < -0.4 is 0 Å². The number of aryl methyl sites for hydroxylation is 1. The quantitative estimate of drug-likeness (QED) is 0.587. The zero-order chi connectivity index (χ0) is 13.5. The van der Waals surface area contributed by atoms with E-state index in [1.807, 2.05) is 0 Å². The molecule has 0 saturated carbocycles. The van der Waals surface area contributed by atoms with Crippen molar-refractivity contribution < 1.29 is 19.1 Å². The highest BCUT2D eigenvalue weighted by atomic mass is 16.6. The standard InChI is InChI=1S/C13H17NO4/c1-4-17-12(15)11(13(16)18-5-2)10-8-6-7-9(3)14-10/h6-8,11H,4-5H2,1-3H3. The van der Waals surface area contributed by atoms with Crippen LogP contribution in [0.5, 0.6) is 0 Å². The van der Waals surface area contributed by atoms with Crippen LogP contribution >= 0.6 is 0 Å². The molecule has 1 aromatic rings. The third kappa shape index (κ3) is 3.55. The lowest BCUT2D eigenvalue weighted by Crippen LogP contribution is -2.27. The number of carbonyl (C=O) groups is 2. The molecule has 0 aliphatic rings. The van der Waals surface area contributed by atoms with Crippen molar-refractivity contribution in [3.05, 3.63) is 29.6 Å². The second-order valence-corrected chi connectivity index (χ2v) is 3.64. The molecule has 0 amide bonds. The molecule has 0 radical (unpaired) electrons. The molecule has 0 saturated heterocycles. The maximum absolute atomic E-state index is 11.8. The molecule has 0 bridgehead atoms. The molecule has 1 heterocycles. The lowest BCUT2D eigenvalue weighted by molar-refractivity contribution is -0.157. The molecule has 18 heavy (non-hydrogen) atoms. The van der Waals surface area contributed by atoms with E-state index in [-0.39, 0.29) is 13.2 Å². The molecule has 0 aliphatic carbocycles. The molecule has 0 atom stereocenters. The molecule has 1 rings (SSSR count). The van der Waals surface area contributed by atoms with Crippen molar-refractivity contribution in [1.82, 2.24) is 4.98 Å². The molecular weight excluding hydrogens is 234 g/mol. The molecule has 0 aliphatic heterocycles. The van der Waals surface area contributed by atoms with Gasteiger partial charge in [0.05, 0.1) is 18.9 Å². The summed E-state index contributed by atoms with van der Waals surface area (Å²) in [5.41, 5.74) is 1.08. The van der Waals surface area contributed by atoms with Gasteiger partial charge in [0.15, 0.2) is 5.92 Å². The normalized spacial score (nSPS) is 10.2. The number of hydrogen-bond donors (Lipinski definition) is 0. The highest BCUT2D eigenvalue weighted by Gasteiger charge is 2.32. The first kappa shape index (κ1) is 14.2. The second-order valence-electron chi connectivity index (χ2n) is 3.64. The van der Waals surface area contributed by atoms with Crippen molar-refractivity contribution in [3.63, 3.8) is 0 Å². The average Bonchev–Trinajstić information content (AvgIpc) is 2.30. The molecule has 5 heteroatoms. The summed E-state index contributed by atoms with van der Waals surface area (Å²) < 4.78 is 9.77. The lowest BCUT2D eigenvalue weighted by Gasteiger charge is -2.14. The number of rotatable bonds is 5. The average molecular weight is 251 g/mol. The fourth-order valence-electron chi connectivity index (χ4n) is 1.51. The van der Waals surface area contributed by atoms with Gasteiger partial charge in [-0.05, 0) is 32.9 Å². The van der Waals surface area contributed by atoms with Crippen molar-refractivity contribution in [3.8, 4) is 0 Å². The third-order valence-corrected chi connectivity index (χ3v) is 2.25. The predicted molar refractivity (Wildman–Crippen MR) is 65.0 cm³/mol. The zero-order valence-corrected chi connectivity index (χ0v) is 10.8. The smallest absolute Gasteiger partial charge is 0.326 e. The molecule has 1 aromatic heterocycles. The number of ether oxygens (including phenoxy) is 2. The fourth-order valence-corrected chi connectivity index (χ4v) is 1.51. The van der Waals surface area contributed by atoms with E-state index in [0.717, 1.165) is 5.69 Å². The van der Waals surface area contributed by atoms with Gasteiger partial charge in [-0.15, -0.1) is 0 Å². The maximum Gasteiger partial charge on any atom is 0.326 e. The Morgan fingerprint density at radius 3 is 2.17 bits per heavy atom. The SMILES string of the molecule is CCOC(=O)C(C(=O)OCC)c1cccc(C)n1. The van der Waals surface area contributed by atoms with Crippen molar-refractivity contribution in [2.24, 2.45) is 0 Å². The van der Waals surface area contributed by atoms with Gasteiger partial charge in [0, 0.05) is 5.69 Å². The first-order valence-electron chi connectivity index (χ1n) is 5.87. The van der Waals surface area contributed by atoms with Crippen LogP contribution in [0.25, 0.3) is 0 Å². The van der Waals surface area contributed by atoms with E-state index in [1.54, 1.807) is 39.0 Å². The molecule has 0 unspecified atom stereocenters. The number of aromatic nitrogens is 1. The lowest BCUT2D eigenvalue weighted by atomic mass is 10.0. The van der Waals surface area contributed by atoms with Crippen molar-refractivity contribution >= 4 is 11.9 Å². The summed E-state index contributed by atoms with van der Waals surface area (Å²) in [7, 11) is 0. The summed E-state index contributed by atoms with van der Waals surface area (Å²) in [6, 6.07) is 5.14. The van der Waals surface area contributed by atoms with Crippen LogP contribution in [-0.4, -0.2) is 30.1 Å². The Labute approximate surface area is 106 Å². The molecular formula is C13H17NO4. The van der Waals surface area contributed by atoms with Crippen LogP contribution in [-0.2, 0) is 19.1 Å². The van der Waals surface area contributed by atoms with Crippen LogP contribution in [0.3, 0.4) is 0 Å². The topological polar surface area (TPSA) is 65.5 Å². The summed E-state index contributed by atoms with van der Waals surface area (Å²) in [5.74, 6) is -2.37. The Morgan fingerprint density at radius 1 is 1.17 bits per heavy atom. The van der Waals surface area contributed by atoms with Gasteiger partial charge in [-0.1, -0.05) is 6.07 Å². The number of hydrogen-bond acceptors (Lipinski definition) is 5.